The lowest BCUT2D eigenvalue weighted by Crippen LogP contribution is -2.29. The maximum absolute atomic E-state index is 12.6. The zero-order valence-corrected chi connectivity index (χ0v) is 16.9. The Kier molecular flexibility index (Phi) is 7.06. The van der Waals surface area contributed by atoms with Gasteiger partial charge in [-0.2, -0.15) is 0 Å². The van der Waals surface area contributed by atoms with Gasteiger partial charge in [0.25, 0.3) is 5.91 Å². The molecule has 0 spiro atoms. The van der Waals surface area contributed by atoms with Gasteiger partial charge in [-0.15, -0.1) is 0 Å². The van der Waals surface area contributed by atoms with Crippen molar-refractivity contribution in [2.45, 2.75) is 40.3 Å². The summed E-state index contributed by atoms with van der Waals surface area (Å²) in [5.41, 5.74) is 3.29. The quantitative estimate of drug-likeness (QED) is 0.729. The molecular formula is C21H27ClN2O2. The number of hydrogen-bond acceptors (Lipinski definition) is 3. The van der Waals surface area contributed by atoms with Crippen molar-refractivity contribution < 1.29 is 9.53 Å². The van der Waals surface area contributed by atoms with Crippen molar-refractivity contribution in [3.8, 4) is 5.75 Å². The number of carbonyl (C=O) groups is 1. The summed E-state index contributed by atoms with van der Waals surface area (Å²) in [7, 11) is 1.56. The summed E-state index contributed by atoms with van der Waals surface area (Å²) in [5, 5.41) is 3.51. The van der Waals surface area contributed by atoms with Crippen LogP contribution in [0.1, 0.15) is 42.3 Å². The standard InChI is InChI=1S/C21H27ClN2O2/c1-6-24(14(2)3)13-16-7-9-17(10-8-16)21(25)23-19-11-15(4)18(22)12-20(19)26-5/h7-12,14H,6,13H2,1-5H3,(H,23,25). The molecule has 1 N–H and O–H groups in total. The van der Waals surface area contributed by atoms with E-state index in [-0.39, 0.29) is 5.91 Å². The highest BCUT2D eigenvalue weighted by atomic mass is 35.5. The highest BCUT2D eigenvalue weighted by Crippen LogP contribution is 2.31. The van der Waals surface area contributed by atoms with Gasteiger partial charge in [-0.1, -0.05) is 30.7 Å². The van der Waals surface area contributed by atoms with Crippen LogP contribution in [0.4, 0.5) is 5.69 Å². The van der Waals surface area contributed by atoms with E-state index >= 15 is 0 Å². The molecule has 0 unspecified atom stereocenters. The Bertz CT molecular complexity index is 757. The lowest BCUT2D eigenvalue weighted by atomic mass is 10.1. The van der Waals surface area contributed by atoms with E-state index < -0.39 is 0 Å². The Morgan fingerprint density at radius 3 is 2.42 bits per heavy atom. The lowest BCUT2D eigenvalue weighted by Gasteiger charge is -2.24. The van der Waals surface area contributed by atoms with Crippen LogP contribution in [0.5, 0.6) is 5.75 Å². The summed E-state index contributed by atoms with van der Waals surface area (Å²) in [4.78, 5) is 14.9. The van der Waals surface area contributed by atoms with Crippen molar-refractivity contribution in [1.82, 2.24) is 4.90 Å². The second-order valence-corrected chi connectivity index (χ2v) is 7.02. The van der Waals surface area contributed by atoms with Crippen LogP contribution in [0, 0.1) is 6.92 Å². The minimum Gasteiger partial charge on any atom is -0.495 e. The van der Waals surface area contributed by atoms with Crippen molar-refractivity contribution in [1.29, 1.82) is 0 Å². The van der Waals surface area contributed by atoms with Crippen molar-refractivity contribution in [3.63, 3.8) is 0 Å². The smallest absolute Gasteiger partial charge is 0.255 e. The summed E-state index contributed by atoms with van der Waals surface area (Å²) in [6.45, 7) is 10.3. The third kappa shape index (κ3) is 4.99. The molecule has 0 bridgehead atoms. The zero-order chi connectivity index (χ0) is 19.3. The number of ether oxygens (including phenoxy) is 1. The number of aryl methyl sites for hydroxylation is 1. The molecule has 0 aliphatic heterocycles. The molecular weight excluding hydrogens is 348 g/mol. The molecule has 2 rings (SSSR count). The third-order valence-electron chi connectivity index (χ3n) is 4.47. The second-order valence-electron chi connectivity index (χ2n) is 6.61. The molecule has 2 aromatic rings. The summed E-state index contributed by atoms with van der Waals surface area (Å²) in [6.07, 6.45) is 0. The predicted molar refractivity (Wildman–Crippen MR) is 108 cm³/mol. The first-order valence-electron chi connectivity index (χ1n) is 8.84. The number of rotatable bonds is 7. The van der Waals surface area contributed by atoms with E-state index in [4.69, 9.17) is 16.3 Å². The van der Waals surface area contributed by atoms with Crippen molar-refractivity contribution >= 4 is 23.2 Å². The predicted octanol–water partition coefficient (Wildman–Crippen LogP) is 5.14. The SMILES string of the molecule is CCN(Cc1ccc(C(=O)Nc2cc(C)c(Cl)cc2OC)cc1)C(C)C. The maximum Gasteiger partial charge on any atom is 0.255 e. The molecule has 0 saturated heterocycles. The summed E-state index contributed by atoms with van der Waals surface area (Å²) >= 11 is 6.11. The van der Waals surface area contributed by atoms with E-state index in [1.165, 1.54) is 5.56 Å². The van der Waals surface area contributed by atoms with Crippen LogP contribution in [-0.4, -0.2) is 30.5 Å². The molecule has 0 aromatic heterocycles. The minimum absolute atomic E-state index is 0.173. The Morgan fingerprint density at radius 1 is 1.23 bits per heavy atom. The third-order valence-corrected chi connectivity index (χ3v) is 4.87. The van der Waals surface area contributed by atoms with E-state index in [2.05, 4.69) is 31.0 Å². The first-order valence-corrected chi connectivity index (χ1v) is 9.22. The van der Waals surface area contributed by atoms with Gasteiger partial charge in [-0.05, 0) is 56.6 Å². The van der Waals surface area contributed by atoms with Crippen LogP contribution in [0.2, 0.25) is 5.02 Å². The molecule has 140 valence electrons. The molecule has 2 aromatic carbocycles. The summed E-state index contributed by atoms with van der Waals surface area (Å²) in [5.74, 6) is 0.369. The molecule has 0 radical (unpaired) electrons. The van der Waals surface area contributed by atoms with E-state index in [9.17, 15) is 4.79 Å². The number of nitrogens with one attached hydrogen (secondary N) is 1. The molecule has 0 aliphatic carbocycles. The van der Waals surface area contributed by atoms with E-state index in [1.54, 1.807) is 13.2 Å². The molecule has 0 aliphatic rings. The molecule has 5 heteroatoms. The van der Waals surface area contributed by atoms with Crippen LogP contribution in [-0.2, 0) is 6.54 Å². The highest BCUT2D eigenvalue weighted by Gasteiger charge is 2.13. The van der Waals surface area contributed by atoms with Crippen LogP contribution >= 0.6 is 11.6 Å². The van der Waals surface area contributed by atoms with Gasteiger partial charge < -0.3 is 10.1 Å². The van der Waals surface area contributed by atoms with Gasteiger partial charge in [-0.25, -0.2) is 0 Å². The average molecular weight is 375 g/mol. The summed E-state index contributed by atoms with van der Waals surface area (Å²) in [6, 6.07) is 11.7. The number of anilines is 1. The van der Waals surface area contributed by atoms with Crippen molar-refractivity contribution in [3.05, 3.63) is 58.1 Å². The molecule has 0 atom stereocenters. The van der Waals surface area contributed by atoms with E-state index in [0.717, 1.165) is 18.7 Å². The van der Waals surface area contributed by atoms with Crippen LogP contribution in [0.15, 0.2) is 36.4 Å². The molecule has 26 heavy (non-hydrogen) atoms. The Morgan fingerprint density at radius 2 is 1.88 bits per heavy atom. The van der Waals surface area contributed by atoms with Gasteiger partial charge >= 0.3 is 0 Å². The van der Waals surface area contributed by atoms with Crippen molar-refractivity contribution in [2.75, 3.05) is 19.0 Å². The highest BCUT2D eigenvalue weighted by molar-refractivity contribution is 6.31. The van der Waals surface area contributed by atoms with Crippen LogP contribution in [0.3, 0.4) is 0 Å². The fraction of sp³-hybridized carbons (Fsp3) is 0.381. The summed E-state index contributed by atoms with van der Waals surface area (Å²) < 4.78 is 5.31. The molecule has 0 saturated carbocycles. The minimum atomic E-state index is -0.173. The topological polar surface area (TPSA) is 41.6 Å². The molecule has 4 nitrogen and oxygen atoms in total. The number of hydrogen-bond donors (Lipinski definition) is 1. The van der Waals surface area contributed by atoms with Crippen LogP contribution in [0.25, 0.3) is 0 Å². The van der Waals surface area contributed by atoms with E-state index in [0.29, 0.717) is 28.1 Å². The first kappa shape index (κ1) is 20.3. The number of amides is 1. The lowest BCUT2D eigenvalue weighted by molar-refractivity contribution is 0.102. The van der Waals surface area contributed by atoms with Gasteiger partial charge in [-0.3, -0.25) is 9.69 Å². The number of halogens is 1. The van der Waals surface area contributed by atoms with E-state index in [1.807, 2.05) is 37.3 Å². The molecule has 0 fully saturated rings. The Balaban J connectivity index is 2.12. The van der Waals surface area contributed by atoms with Gasteiger partial charge in [0.05, 0.1) is 12.8 Å². The van der Waals surface area contributed by atoms with Crippen LogP contribution < -0.4 is 10.1 Å². The number of benzene rings is 2. The van der Waals surface area contributed by atoms with Gasteiger partial charge in [0.15, 0.2) is 0 Å². The number of nitrogens with zero attached hydrogens (tertiary/aromatic N) is 1. The average Bonchev–Trinajstić information content (AvgIpc) is 2.62. The monoisotopic (exact) mass is 374 g/mol. The van der Waals surface area contributed by atoms with Gasteiger partial charge in [0, 0.05) is 29.2 Å². The fourth-order valence-electron chi connectivity index (χ4n) is 2.78. The first-order chi connectivity index (χ1) is 12.3. The molecule has 0 heterocycles. The Hall–Kier alpha value is -2.04. The largest absolute Gasteiger partial charge is 0.495 e. The zero-order valence-electron chi connectivity index (χ0n) is 16.1. The van der Waals surface area contributed by atoms with Gasteiger partial charge in [0.1, 0.15) is 5.75 Å². The molecule has 1 amide bonds. The normalized spacial score (nSPS) is 11.1. The van der Waals surface area contributed by atoms with Gasteiger partial charge in [0.2, 0.25) is 0 Å². The second kappa shape index (κ2) is 9.06. The number of carbonyl (C=O) groups excluding carboxylic acids is 1. The number of methoxy groups -OCH3 is 1. The Labute approximate surface area is 161 Å². The maximum atomic E-state index is 12.6. The van der Waals surface area contributed by atoms with Crippen molar-refractivity contribution in [2.24, 2.45) is 0 Å². The fourth-order valence-corrected chi connectivity index (χ4v) is 2.93.